The van der Waals surface area contributed by atoms with Crippen molar-refractivity contribution < 1.29 is 0 Å². The summed E-state index contributed by atoms with van der Waals surface area (Å²) >= 11 is 0. The Morgan fingerprint density at radius 2 is 1.94 bits per heavy atom. The molecule has 0 atom stereocenters. The van der Waals surface area contributed by atoms with E-state index in [1.165, 1.54) is 51.7 Å². The molecule has 96 valence electrons. The zero-order valence-corrected chi connectivity index (χ0v) is 11.5. The maximum absolute atomic E-state index is 3.39. The van der Waals surface area contributed by atoms with Crippen molar-refractivity contribution in [2.45, 2.75) is 58.9 Å². The average Bonchev–Trinajstić information content (AvgIpc) is 3.04. The highest BCUT2D eigenvalue weighted by atomic mass is 15.2. The smallest absolute Gasteiger partial charge is 0.00965 e. The van der Waals surface area contributed by atoms with Gasteiger partial charge in [0.05, 0.1) is 0 Å². The number of hydrogen-bond donors (Lipinski definition) is 1. The maximum Gasteiger partial charge on any atom is 0.00965 e. The lowest BCUT2D eigenvalue weighted by molar-refractivity contribution is 0.229. The van der Waals surface area contributed by atoms with Crippen molar-refractivity contribution in [1.82, 2.24) is 10.2 Å². The zero-order chi connectivity index (χ0) is 11.8. The SMILES string of the molecule is CCNCCCCCN(CC(C)C)C1CC1. The van der Waals surface area contributed by atoms with Crippen LogP contribution < -0.4 is 5.32 Å². The molecule has 0 aromatic carbocycles. The van der Waals surface area contributed by atoms with Gasteiger partial charge in [0.15, 0.2) is 0 Å². The summed E-state index contributed by atoms with van der Waals surface area (Å²) in [5, 5.41) is 3.39. The van der Waals surface area contributed by atoms with Gasteiger partial charge in [-0.3, -0.25) is 0 Å². The fourth-order valence-corrected chi connectivity index (χ4v) is 2.25. The molecule has 0 spiro atoms. The fourth-order valence-electron chi connectivity index (χ4n) is 2.25. The van der Waals surface area contributed by atoms with Gasteiger partial charge in [-0.25, -0.2) is 0 Å². The summed E-state index contributed by atoms with van der Waals surface area (Å²) in [6.45, 7) is 11.8. The third-order valence-corrected chi connectivity index (χ3v) is 3.21. The number of nitrogens with one attached hydrogen (secondary N) is 1. The van der Waals surface area contributed by atoms with Crippen LogP contribution in [0.1, 0.15) is 52.9 Å². The Kier molecular flexibility index (Phi) is 7.06. The molecule has 1 N–H and O–H groups in total. The van der Waals surface area contributed by atoms with Crippen LogP contribution in [0.3, 0.4) is 0 Å². The molecule has 1 rings (SSSR count). The molecule has 0 heterocycles. The third kappa shape index (κ3) is 6.49. The number of hydrogen-bond acceptors (Lipinski definition) is 2. The molecule has 0 aromatic heterocycles. The maximum atomic E-state index is 3.39. The standard InChI is InChI=1S/C14H30N2/c1-4-15-10-6-5-7-11-16(12-13(2)3)14-8-9-14/h13-15H,4-12H2,1-3H3. The van der Waals surface area contributed by atoms with Gasteiger partial charge in [0.2, 0.25) is 0 Å². The van der Waals surface area contributed by atoms with Crippen LogP contribution in [-0.4, -0.2) is 37.1 Å². The molecule has 0 radical (unpaired) electrons. The summed E-state index contributed by atoms with van der Waals surface area (Å²) < 4.78 is 0. The first kappa shape index (κ1) is 14.0. The summed E-state index contributed by atoms with van der Waals surface area (Å²) in [7, 11) is 0. The molecule has 0 aliphatic heterocycles. The number of unbranched alkanes of at least 4 members (excludes halogenated alkanes) is 2. The molecular formula is C14H30N2. The Bertz CT molecular complexity index is 164. The first-order valence-corrected chi connectivity index (χ1v) is 7.18. The molecule has 0 bridgehead atoms. The molecule has 16 heavy (non-hydrogen) atoms. The molecule has 1 aliphatic rings. The van der Waals surface area contributed by atoms with E-state index in [2.05, 4.69) is 31.0 Å². The van der Waals surface area contributed by atoms with Crippen molar-refractivity contribution in [3.8, 4) is 0 Å². The molecule has 0 saturated heterocycles. The minimum absolute atomic E-state index is 0.822. The quantitative estimate of drug-likeness (QED) is 0.576. The van der Waals surface area contributed by atoms with Crippen molar-refractivity contribution in [3.05, 3.63) is 0 Å². The van der Waals surface area contributed by atoms with Crippen LogP contribution in [0.4, 0.5) is 0 Å². The predicted molar refractivity (Wildman–Crippen MR) is 71.8 cm³/mol. The van der Waals surface area contributed by atoms with Gasteiger partial charge in [-0.2, -0.15) is 0 Å². The molecule has 0 aromatic rings. The zero-order valence-electron chi connectivity index (χ0n) is 11.5. The topological polar surface area (TPSA) is 15.3 Å². The Morgan fingerprint density at radius 1 is 1.19 bits per heavy atom. The minimum Gasteiger partial charge on any atom is -0.317 e. The molecule has 1 fully saturated rings. The molecule has 0 unspecified atom stereocenters. The van der Waals surface area contributed by atoms with Gasteiger partial charge in [0.1, 0.15) is 0 Å². The van der Waals surface area contributed by atoms with E-state index in [0.717, 1.165) is 18.5 Å². The highest BCUT2D eigenvalue weighted by Gasteiger charge is 2.28. The van der Waals surface area contributed by atoms with E-state index >= 15 is 0 Å². The monoisotopic (exact) mass is 226 g/mol. The lowest BCUT2D eigenvalue weighted by atomic mass is 10.1. The van der Waals surface area contributed by atoms with Gasteiger partial charge in [-0.1, -0.05) is 27.2 Å². The van der Waals surface area contributed by atoms with Gasteiger partial charge in [-0.15, -0.1) is 0 Å². The van der Waals surface area contributed by atoms with E-state index in [1.807, 2.05) is 0 Å². The van der Waals surface area contributed by atoms with Crippen molar-refractivity contribution in [1.29, 1.82) is 0 Å². The second-order valence-electron chi connectivity index (χ2n) is 5.53. The molecule has 1 saturated carbocycles. The van der Waals surface area contributed by atoms with Crippen LogP contribution in [0.2, 0.25) is 0 Å². The lowest BCUT2D eigenvalue weighted by Crippen LogP contribution is -2.31. The van der Waals surface area contributed by atoms with E-state index in [-0.39, 0.29) is 0 Å². The highest BCUT2D eigenvalue weighted by Crippen LogP contribution is 2.27. The van der Waals surface area contributed by atoms with Gasteiger partial charge in [0, 0.05) is 12.6 Å². The van der Waals surface area contributed by atoms with Gasteiger partial charge in [-0.05, 0) is 51.2 Å². The van der Waals surface area contributed by atoms with E-state index in [1.54, 1.807) is 0 Å². The molecular weight excluding hydrogens is 196 g/mol. The summed E-state index contributed by atoms with van der Waals surface area (Å²) in [5.41, 5.74) is 0. The van der Waals surface area contributed by atoms with Gasteiger partial charge in [0.25, 0.3) is 0 Å². The highest BCUT2D eigenvalue weighted by molar-refractivity contribution is 4.84. The Hall–Kier alpha value is -0.0800. The van der Waals surface area contributed by atoms with Crippen LogP contribution >= 0.6 is 0 Å². The first-order chi connectivity index (χ1) is 7.74. The van der Waals surface area contributed by atoms with E-state index in [0.29, 0.717) is 0 Å². The Morgan fingerprint density at radius 3 is 2.50 bits per heavy atom. The van der Waals surface area contributed by atoms with Gasteiger partial charge < -0.3 is 10.2 Å². The predicted octanol–water partition coefficient (Wildman–Crippen LogP) is 2.89. The summed E-state index contributed by atoms with van der Waals surface area (Å²) in [6, 6.07) is 0.941. The summed E-state index contributed by atoms with van der Waals surface area (Å²) in [5.74, 6) is 0.822. The summed E-state index contributed by atoms with van der Waals surface area (Å²) in [4.78, 5) is 2.72. The average molecular weight is 226 g/mol. The Balaban J connectivity index is 1.99. The lowest BCUT2D eigenvalue weighted by Gasteiger charge is -2.23. The molecule has 2 nitrogen and oxygen atoms in total. The number of rotatable bonds is 10. The number of nitrogens with zero attached hydrogens (tertiary/aromatic N) is 1. The minimum atomic E-state index is 0.822. The van der Waals surface area contributed by atoms with Crippen molar-refractivity contribution in [2.24, 2.45) is 5.92 Å². The third-order valence-electron chi connectivity index (χ3n) is 3.21. The first-order valence-electron chi connectivity index (χ1n) is 7.18. The van der Waals surface area contributed by atoms with Crippen molar-refractivity contribution in [2.75, 3.05) is 26.2 Å². The van der Waals surface area contributed by atoms with Crippen LogP contribution in [0.15, 0.2) is 0 Å². The Labute approximate surface area is 102 Å². The fraction of sp³-hybridized carbons (Fsp3) is 1.00. The van der Waals surface area contributed by atoms with Crippen LogP contribution in [0.5, 0.6) is 0 Å². The van der Waals surface area contributed by atoms with E-state index in [9.17, 15) is 0 Å². The van der Waals surface area contributed by atoms with Crippen molar-refractivity contribution in [3.63, 3.8) is 0 Å². The van der Waals surface area contributed by atoms with E-state index in [4.69, 9.17) is 0 Å². The van der Waals surface area contributed by atoms with Crippen LogP contribution in [-0.2, 0) is 0 Å². The normalized spacial score (nSPS) is 16.3. The molecule has 2 heteroatoms. The second kappa shape index (κ2) is 8.08. The van der Waals surface area contributed by atoms with Gasteiger partial charge >= 0.3 is 0 Å². The van der Waals surface area contributed by atoms with Crippen LogP contribution in [0, 0.1) is 5.92 Å². The molecule has 1 aliphatic carbocycles. The largest absolute Gasteiger partial charge is 0.317 e. The van der Waals surface area contributed by atoms with Crippen LogP contribution in [0.25, 0.3) is 0 Å². The second-order valence-corrected chi connectivity index (χ2v) is 5.53. The van der Waals surface area contributed by atoms with Crippen molar-refractivity contribution >= 4 is 0 Å². The summed E-state index contributed by atoms with van der Waals surface area (Å²) in [6.07, 6.45) is 7.01. The molecule has 0 amide bonds. The van der Waals surface area contributed by atoms with E-state index < -0.39 is 0 Å².